The Morgan fingerprint density at radius 1 is 1.00 bits per heavy atom. The molecule has 0 bridgehead atoms. The highest BCUT2D eigenvalue weighted by atomic mass is 79.9. The highest BCUT2D eigenvalue weighted by Gasteiger charge is 2.50. The Kier molecular flexibility index (Phi) is 5.70. The molecule has 0 aliphatic carbocycles. The van der Waals surface area contributed by atoms with E-state index in [1.807, 2.05) is 36.4 Å². The van der Waals surface area contributed by atoms with Crippen LogP contribution in [-0.4, -0.2) is 29.9 Å². The lowest BCUT2D eigenvalue weighted by molar-refractivity contribution is -0.135. The quantitative estimate of drug-likeness (QED) is 0.527. The van der Waals surface area contributed by atoms with E-state index in [9.17, 15) is 14.7 Å². The maximum Gasteiger partial charge on any atom is 0.264 e. The lowest BCUT2D eigenvalue weighted by Gasteiger charge is -2.23. The number of ketones is 1. The molecule has 0 aromatic heterocycles. The van der Waals surface area contributed by atoms with Gasteiger partial charge in [0.2, 0.25) is 0 Å². The second-order valence-corrected chi connectivity index (χ2v) is 8.02. The Balaban J connectivity index is 1.55. The number of carbonyl (C=O) groups is 2. The number of fused-ring (bicyclic) bond motifs is 1. The van der Waals surface area contributed by atoms with Crippen LogP contribution in [0.4, 0.5) is 5.69 Å². The molecule has 1 amide bonds. The van der Waals surface area contributed by atoms with E-state index in [1.54, 1.807) is 42.5 Å². The van der Waals surface area contributed by atoms with Crippen molar-refractivity contribution in [2.45, 2.75) is 12.0 Å². The fourth-order valence-corrected chi connectivity index (χ4v) is 4.07. The lowest BCUT2D eigenvalue weighted by atomic mass is 9.88. The minimum atomic E-state index is -1.90. The molecule has 0 saturated heterocycles. The molecule has 152 valence electrons. The van der Waals surface area contributed by atoms with E-state index in [1.165, 1.54) is 4.90 Å². The molecule has 0 saturated carbocycles. The summed E-state index contributed by atoms with van der Waals surface area (Å²) in [6.45, 7) is 0.526. The summed E-state index contributed by atoms with van der Waals surface area (Å²) in [5.74, 6) is -0.106. The third kappa shape index (κ3) is 3.88. The number of amides is 1. The van der Waals surface area contributed by atoms with Crippen molar-refractivity contribution in [3.8, 4) is 5.75 Å². The van der Waals surface area contributed by atoms with Crippen LogP contribution in [0.1, 0.15) is 22.3 Å². The van der Waals surface area contributed by atoms with E-state index in [4.69, 9.17) is 4.74 Å². The van der Waals surface area contributed by atoms with Crippen LogP contribution in [0.5, 0.6) is 5.75 Å². The predicted octanol–water partition coefficient (Wildman–Crippen LogP) is 4.34. The van der Waals surface area contributed by atoms with Crippen LogP contribution in [-0.2, 0) is 10.4 Å². The molecule has 1 aliphatic rings. The zero-order chi connectivity index (χ0) is 21.1. The van der Waals surface area contributed by atoms with Crippen molar-refractivity contribution in [3.63, 3.8) is 0 Å². The van der Waals surface area contributed by atoms with Crippen molar-refractivity contribution in [3.05, 3.63) is 94.5 Å². The number of halogens is 1. The van der Waals surface area contributed by atoms with Crippen LogP contribution < -0.4 is 9.64 Å². The maximum absolute atomic E-state index is 13.2. The van der Waals surface area contributed by atoms with Crippen molar-refractivity contribution in [1.29, 1.82) is 0 Å². The zero-order valence-corrected chi connectivity index (χ0v) is 17.7. The van der Waals surface area contributed by atoms with E-state index < -0.39 is 11.5 Å². The molecule has 1 atom stereocenters. The van der Waals surface area contributed by atoms with Gasteiger partial charge in [0.25, 0.3) is 5.91 Å². The molecule has 1 heterocycles. The summed E-state index contributed by atoms with van der Waals surface area (Å²) in [5.41, 5.74) is -0.418. The normalized spacial score (nSPS) is 17.7. The number of hydrogen-bond donors (Lipinski definition) is 1. The van der Waals surface area contributed by atoms with Gasteiger partial charge in [-0.2, -0.15) is 0 Å². The average molecular weight is 466 g/mol. The SMILES string of the molecule is O=C(CC1(O)C(=O)N(CCOc2ccccc2)c2ccccc21)c1cccc(Br)c1. The Morgan fingerprint density at radius 2 is 1.73 bits per heavy atom. The van der Waals surface area contributed by atoms with E-state index in [0.717, 1.165) is 4.47 Å². The van der Waals surface area contributed by atoms with Crippen LogP contribution >= 0.6 is 15.9 Å². The number of hydrogen-bond acceptors (Lipinski definition) is 4. The van der Waals surface area contributed by atoms with Gasteiger partial charge >= 0.3 is 0 Å². The summed E-state index contributed by atoms with van der Waals surface area (Å²) < 4.78 is 6.48. The Hall–Kier alpha value is -2.96. The van der Waals surface area contributed by atoms with E-state index >= 15 is 0 Å². The number of aliphatic hydroxyl groups is 1. The molecule has 5 nitrogen and oxygen atoms in total. The van der Waals surface area contributed by atoms with Gasteiger partial charge in [0.05, 0.1) is 18.7 Å². The van der Waals surface area contributed by atoms with Gasteiger partial charge in [-0.05, 0) is 30.3 Å². The van der Waals surface area contributed by atoms with Crippen LogP contribution in [0.25, 0.3) is 0 Å². The van der Waals surface area contributed by atoms with Crippen molar-refractivity contribution in [2.24, 2.45) is 0 Å². The number of carbonyl (C=O) groups excluding carboxylic acids is 2. The molecule has 1 aliphatic heterocycles. The highest BCUT2D eigenvalue weighted by molar-refractivity contribution is 9.10. The smallest absolute Gasteiger partial charge is 0.264 e. The molecular formula is C24H20BrNO4. The Labute approximate surface area is 183 Å². The van der Waals surface area contributed by atoms with Crippen LogP contribution in [0, 0.1) is 0 Å². The molecule has 1 unspecified atom stereocenters. The van der Waals surface area contributed by atoms with Crippen molar-refractivity contribution >= 4 is 33.3 Å². The lowest BCUT2D eigenvalue weighted by Crippen LogP contribution is -2.43. The average Bonchev–Trinajstić information content (AvgIpc) is 2.96. The highest BCUT2D eigenvalue weighted by Crippen LogP contribution is 2.42. The second-order valence-electron chi connectivity index (χ2n) is 7.11. The molecule has 0 radical (unpaired) electrons. The molecule has 4 rings (SSSR count). The van der Waals surface area contributed by atoms with Gasteiger partial charge in [-0.3, -0.25) is 9.59 Å². The summed E-state index contributed by atoms with van der Waals surface area (Å²) in [7, 11) is 0. The third-order valence-electron chi connectivity index (χ3n) is 5.13. The van der Waals surface area contributed by atoms with Gasteiger partial charge in [0, 0.05) is 15.6 Å². The fraction of sp³-hybridized carbons (Fsp3) is 0.167. The fourth-order valence-electron chi connectivity index (χ4n) is 3.67. The third-order valence-corrected chi connectivity index (χ3v) is 5.62. The number of anilines is 1. The number of rotatable bonds is 7. The van der Waals surface area contributed by atoms with Gasteiger partial charge < -0.3 is 14.7 Å². The summed E-state index contributed by atoms with van der Waals surface area (Å²) in [4.78, 5) is 27.6. The van der Waals surface area contributed by atoms with E-state index in [2.05, 4.69) is 15.9 Å². The number of benzene rings is 3. The van der Waals surface area contributed by atoms with E-state index in [0.29, 0.717) is 22.6 Å². The first kappa shape index (κ1) is 20.3. The first-order chi connectivity index (χ1) is 14.5. The van der Waals surface area contributed by atoms with Crippen LogP contribution in [0.2, 0.25) is 0 Å². The minimum absolute atomic E-state index is 0.262. The molecule has 30 heavy (non-hydrogen) atoms. The summed E-state index contributed by atoms with van der Waals surface area (Å²) in [5, 5.41) is 11.3. The Bertz CT molecular complexity index is 1090. The first-order valence-corrected chi connectivity index (χ1v) is 10.4. The second kappa shape index (κ2) is 8.42. The van der Waals surface area contributed by atoms with Crippen molar-refractivity contribution < 1.29 is 19.4 Å². The first-order valence-electron chi connectivity index (χ1n) is 9.59. The summed E-state index contributed by atoms with van der Waals surface area (Å²) in [6, 6.07) is 23.3. The van der Waals surface area contributed by atoms with Gasteiger partial charge in [0.15, 0.2) is 11.4 Å². The number of Topliss-reactive ketones (excluding diaryl/α,β-unsaturated/α-hetero) is 1. The standard InChI is InChI=1S/C24H20BrNO4/c25-18-8-6-7-17(15-18)22(27)16-24(29)20-11-4-5-12-21(20)26(23(24)28)13-14-30-19-9-2-1-3-10-19/h1-12,15,29H,13-14,16H2. The number of ether oxygens (including phenoxy) is 1. The van der Waals surface area contributed by atoms with E-state index in [-0.39, 0.29) is 25.4 Å². The van der Waals surface area contributed by atoms with Gasteiger partial charge in [-0.25, -0.2) is 0 Å². The van der Waals surface area contributed by atoms with Crippen LogP contribution in [0.15, 0.2) is 83.3 Å². The molecule has 6 heteroatoms. The summed E-state index contributed by atoms with van der Waals surface area (Å²) >= 11 is 3.35. The summed E-state index contributed by atoms with van der Waals surface area (Å²) in [6.07, 6.45) is -0.324. The zero-order valence-electron chi connectivity index (χ0n) is 16.1. The van der Waals surface area contributed by atoms with Gasteiger partial charge in [0.1, 0.15) is 12.4 Å². The topological polar surface area (TPSA) is 66.8 Å². The molecule has 3 aromatic rings. The molecule has 1 N–H and O–H groups in total. The number of nitrogens with zero attached hydrogens (tertiary/aromatic N) is 1. The maximum atomic E-state index is 13.2. The Morgan fingerprint density at radius 3 is 2.50 bits per heavy atom. The predicted molar refractivity (Wildman–Crippen MR) is 118 cm³/mol. The monoisotopic (exact) mass is 465 g/mol. The van der Waals surface area contributed by atoms with Crippen molar-refractivity contribution in [1.82, 2.24) is 0 Å². The molecule has 3 aromatic carbocycles. The van der Waals surface area contributed by atoms with Gasteiger partial charge in [-0.1, -0.05) is 64.5 Å². The molecular weight excluding hydrogens is 446 g/mol. The minimum Gasteiger partial charge on any atom is -0.492 e. The van der Waals surface area contributed by atoms with Crippen LogP contribution in [0.3, 0.4) is 0 Å². The number of para-hydroxylation sites is 2. The molecule has 0 fully saturated rings. The van der Waals surface area contributed by atoms with Crippen molar-refractivity contribution in [2.75, 3.05) is 18.1 Å². The van der Waals surface area contributed by atoms with Gasteiger partial charge in [-0.15, -0.1) is 0 Å². The molecule has 0 spiro atoms. The largest absolute Gasteiger partial charge is 0.492 e.